The fraction of sp³-hybridized carbons (Fsp3) is 0.143. The first-order valence-electron chi connectivity index (χ1n) is 6.18. The van der Waals surface area contributed by atoms with Crippen LogP contribution in [-0.4, -0.2) is 18.4 Å². The Labute approximate surface area is 130 Å². The molecule has 8 heteroatoms. The molecule has 0 bridgehead atoms. The molecule has 2 rings (SSSR count). The van der Waals surface area contributed by atoms with Crippen LogP contribution in [0, 0.1) is 0 Å². The number of furan rings is 1. The van der Waals surface area contributed by atoms with Crippen molar-refractivity contribution in [3.05, 3.63) is 47.7 Å². The normalized spacial score (nSPS) is 11.6. The van der Waals surface area contributed by atoms with Gasteiger partial charge in [0.05, 0.1) is 11.8 Å². The monoisotopic (exact) mass is 327 g/mol. The van der Waals surface area contributed by atoms with Crippen LogP contribution in [-0.2, 0) is 6.18 Å². The SMILES string of the molecule is CNC(=S)NN=Cc1ccc(-c2cccc(C(F)(F)F)c2)o1. The van der Waals surface area contributed by atoms with Crippen LogP contribution in [0.4, 0.5) is 13.2 Å². The molecule has 0 saturated carbocycles. The highest BCUT2D eigenvalue weighted by atomic mass is 32.1. The zero-order valence-corrected chi connectivity index (χ0v) is 12.3. The number of benzene rings is 1. The molecule has 0 saturated heterocycles. The second-order valence-electron chi connectivity index (χ2n) is 4.23. The topological polar surface area (TPSA) is 49.6 Å². The molecular formula is C14H12F3N3OS. The number of nitrogens with one attached hydrogen (secondary N) is 2. The third-order valence-electron chi connectivity index (χ3n) is 2.69. The van der Waals surface area contributed by atoms with E-state index in [-0.39, 0.29) is 0 Å². The van der Waals surface area contributed by atoms with Gasteiger partial charge < -0.3 is 9.73 Å². The van der Waals surface area contributed by atoms with Gasteiger partial charge in [0.25, 0.3) is 0 Å². The molecule has 0 atom stereocenters. The summed E-state index contributed by atoms with van der Waals surface area (Å²) >= 11 is 4.83. The summed E-state index contributed by atoms with van der Waals surface area (Å²) in [6.07, 6.45) is -3.01. The van der Waals surface area contributed by atoms with E-state index in [9.17, 15) is 13.2 Å². The fourth-order valence-electron chi connectivity index (χ4n) is 1.64. The maximum absolute atomic E-state index is 12.7. The van der Waals surface area contributed by atoms with E-state index in [4.69, 9.17) is 16.6 Å². The average Bonchev–Trinajstić information content (AvgIpc) is 2.95. The molecule has 0 amide bonds. The van der Waals surface area contributed by atoms with Gasteiger partial charge in [-0.2, -0.15) is 18.3 Å². The lowest BCUT2D eigenvalue weighted by atomic mass is 10.1. The van der Waals surface area contributed by atoms with E-state index in [2.05, 4.69) is 15.8 Å². The highest BCUT2D eigenvalue weighted by molar-refractivity contribution is 7.80. The number of hydrogen-bond acceptors (Lipinski definition) is 3. The van der Waals surface area contributed by atoms with Crippen molar-refractivity contribution in [3.63, 3.8) is 0 Å². The summed E-state index contributed by atoms with van der Waals surface area (Å²) in [6.45, 7) is 0. The molecule has 0 aliphatic heterocycles. The summed E-state index contributed by atoms with van der Waals surface area (Å²) in [5.41, 5.74) is 2.16. The molecule has 1 heterocycles. The van der Waals surface area contributed by atoms with E-state index >= 15 is 0 Å². The van der Waals surface area contributed by atoms with Crippen molar-refractivity contribution < 1.29 is 17.6 Å². The average molecular weight is 327 g/mol. The van der Waals surface area contributed by atoms with Crippen LogP contribution < -0.4 is 10.7 Å². The van der Waals surface area contributed by atoms with Crippen LogP contribution in [0.3, 0.4) is 0 Å². The summed E-state index contributed by atoms with van der Waals surface area (Å²) in [5, 5.41) is 6.83. The van der Waals surface area contributed by atoms with E-state index in [1.807, 2.05) is 0 Å². The van der Waals surface area contributed by atoms with Crippen molar-refractivity contribution in [1.82, 2.24) is 10.7 Å². The Morgan fingerprint density at radius 3 is 2.73 bits per heavy atom. The van der Waals surface area contributed by atoms with Gasteiger partial charge in [-0.05, 0) is 36.5 Å². The second-order valence-corrected chi connectivity index (χ2v) is 4.64. The lowest BCUT2D eigenvalue weighted by Gasteiger charge is -2.07. The number of alkyl halides is 3. The van der Waals surface area contributed by atoms with Crippen LogP contribution in [0.5, 0.6) is 0 Å². The molecule has 0 spiro atoms. The van der Waals surface area contributed by atoms with Gasteiger partial charge in [0.1, 0.15) is 11.5 Å². The van der Waals surface area contributed by atoms with Crippen molar-refractivity contribution in [2.45, 2.75) is 6.18 Å². The number of hydrogen-bond donors (Lipinski definition) is 2. The fourth-order valence-corrected chi connectivity index (χ4v) is 1.69. The quantitative estimate of drug-likeness (QED) is 0.515. The number of nitrogens with zero attached hydrogens (tertiary/aromatic N) is 1. The highest BCUT2D eigenvalue weighted by Crippen LogP contribution is 2.32. The van der Waals surface area contributed by atoms with Crippen molar-refractivity contribution in [3.8, 4) is 11.3 Å². The molecule has 2 aromatic rings. The molecule has 2 N–H and O–H groups in total. The predicted molar refractivity (Wildman–Crippen MR) is 81.5 cm³/mol. The molecule has 116 valence electrons. The Balaban J connectivity index is 2.16. The van der Waals surface area contributed by atoms with Crippen LogP contribution in [0.25, 0.3) is 11.3 Å². The van der Waals surface area contributed by atoms with Gasteiger partial charge >= 0.3 is 6.18 Å². The van der Waals surface area contributed by atoms with Gasteiger partial charge in [0.15, 0.2) is 5.11 Å². The molecule has 0 aliphatic carbocycles. The first-order valence-corrected chi connectivity index (χ1v) is 6.59. The van der Waals surface area contributed by atoms with Crippen LogP contribution in [0.1, 0.15) is 11.3 Å². The first kappa shape index (κ1) is 16.0. The highest BCUT2D eigenvalue weighted by Gasteiger charge is 2.30. The molecule has 0 radical (unpaired) electrons. The molecule has 4 nitrogen and oxygen atoms in total. The van der Waals surface area contributed by atoms with Crippen molar-refractivity contribution in [2.24, 2.45) is 5.10 Å². The molecular weight excluding hydrogens is 315 g/mol. The third kappa shape index (κ3) is 4.08. The number of thiocarbonyl (C=S) groups is 1. The number of hydrazone groups is 1. The molecule has 1 aromatic carbocycles. The second kappa shape index (κ2) is 6.61. The zero-order chi connectivity index (χ0) is 16.2. The summed E-state index contributed by atoms with van der Waals surface area (Å²) < 4.78 is 43.5. The third-order valence-corrected chi connectivity index (χ3v) is 2.98. The minimum absolute atomic E-state index is 0.323. The van der Waals surface area contributed by atoms with Gasteiger partial charge in [-0.1, -0.05) is 12.1 Å². The van der Waals surface area contributed by atoms with Crippen LogP contribution in [0.15, 0.2) is 45.9 Å². The van der Waals surface area contributed by atoms with Gasteiger partial charge in [0, 0.05) is 12.6 Å². The Hall–Kier alpha value is -2.35. The number of rotatable bonds is 3. The Morgan fingerprint density at radius 1 is 1.27 bits per heavy atom. The molecule has 0 aliphatic rings. The van der Waals surface area contributed by atoms with E-state index in [0.29, 0.717) is 22.2 Å². The van der Waals surface area contributed by atoms with E-state index in [0.717, 1.165) is 12.1 Å². The van der Waals surface area contributed by atoms with Gasteiger partial charge in [0.2, 0.25) is 0 Å². The van der Waals surface area contributed by atoms with Crippen molar-refractivity contribution >= 4 is 23.5 Å². The van der Waals surface area contributed by atoms with Crippen molar-refractivity contribution in [1.29, 1.82) is 0 Å². The van der Waals surface area contributed by atoms with Gasteiger partial charge in [-0.3, -0.25) is 5.43 Å². The molecule has 22 heavy (non-hydrogen) atoms. The summed E-state index contributed by atoms with van der Waals surface area (Å²) in [6, 6.07) is 8.10. The Morgan fingerprint density at radius 2 is 2.05 bits per heavy atom. The first-order chi connectivity index (χ1) is 10.4. The summed E-state index contributed by atoms with van der Waals surface area (Å²) in [4.78, 5) is 0. The Bertz CT molecular complexity index is 695. The smallest absolute Gasteiger partial charge is 0.416 e. The maximum Gasteiger partial charge on any atom is 0.416 e. The van der Waals surface area contributed by atoms with E-state index in [1.165, 1.54) is 12.3 Å². The molecule has 0 fully saturated rings. The predicted octanol–water partition coefficient (Wildman–Crippen LogP) is 3.39. The van der Waals surface area contributed by atoms with E-state index < -0.39 is 11.7 Å². The maximum atomic E-state index is 12.7. The largest absolute Gasteiger partial charge is 0.455 e. The lowest BCUT2D eigenvalue weighted by Crippen LogP contribution is -2.28. The lowest BCUT2D eigenvalue weighted by molar-refractivity contribution is -0.137. The molecule has 1 aromatic heterocycles. The van der Waals surface area contributed by atoms with E-state index in [1.54, 1.807) is 25.2 Å². The minimum Gasteiger partial charge on any atom is -0.455 e. The molecule has 0 unspecified atom stereocenters. The standard InChI is InChI=1S/C14H12F3N3OS/c1-18-13(22)20-19-8-11-5-6-12(21-11)9-3-2-4-10(7-9)14(15,16)17/h2-8H,1H3,(H2,18,20,22). The van der Waals surface area contributed by atoms with Crippen molar-refractivity contribution in [2.75, 3.05) is 7.05 Å². The number of halogens is 3. The Kier molecular flexibility index (Phi) is 4.81. The van der Waals surface area contributed by atoms with Crippen LogP contribution in [0.2, 0.25) is 0 Å². The van der Waals surface area contributed by atoms with Gasteiger partial charge in [-0.15, -0.1) is 0 Å². The van der Waals surface area contributed by atoms with Gasteiger partial charge in [-0.25, -0.2) is 0 Å². The summed E-state index contributed by atoms with van der Waals surface area (Å²) in [5.74, 6) is 0.711. The van der Waals surface area contributed by atoms with Crippen LogP contribution >= 0.6 is 12.2 Å². The summed E-state index contributed by atoms with van der Waals surface area (Å²) in [7, 11) is 1.64. The zero-order valence-electron chi connectivity index (χ0n) is 11.4. The minimum atomic E-state index is -4.39.